The number of ether oxygens (including phenoxy) is 1. The summed E-state index contributed by atoms with van der Waals surface area (Å²) in [6.07, 6.45) is 5.58. The summed E-state index contributed by atoms with van der Waals surface area (Å²) in [5.74, 6) is 2.83. The van der Waals surface area contributed by atoms with Crippen molar-refractivity contribution in [3.63, 3.8) is 0 Å². The number of aromatic nitrogens is 2. The second-order valence-electron chi connectivity index (χ2n) is 8.14. The number of hydrogen-bond acceptors (Lipinski definition) is 5. The molecule has 0 aromatic carbocycles. The van der Waals surface area contributed by atoms with Crippen LogP contribution in [0.15, 0.2) is 12.4 Å². The van der Waals surface area contributed by atoms with Crippen molar-refractivity contribution in [3.05, 3.63) is 18.1 Å². The van der Waals surface area contributed by atoms with Gasteiger partial charge in [0.05, 0.1) is 13.2 Å². The van der Waals surface area contributed by atoms with Gasteiger partial charge >= 0.3 is 6.03 Å². The van der Waals surface area contributed by atoms with E-state index in [1.54, 1.807) is 6.33 Å². The van der Waals surface area contributed by atoms with E-state index in [0.717, 1.165) is 45.1 Å². The van der Waals surface area contributed by atoms with Crippen LogP contribution in [0.2, 0.25) is 0 Å². The molecule has 26 heavy (non-hydrogen) atoms. The first kappa shape index (κ1) is 16.3. The third-order valence-electron chi connectivity index (χ3n) is 6.56. The van der Waals surface area contributed by atoms with Crippen LogP contribution < -0.4 is 4.90 Å². The van der Waals surface area contributed by atoms with Crippen molar-refractivity contribution in [1.82, 2.24) is 19.8 Å². The zero-order chi connectivity index (χ0) is 17.5. The van der Waals surface area contributed by atoms with Gasteiger partial charge in [0.15, 0.2) is 0 Å². The Balaban J connectivity index is 1.21. The minimum absolute atomic E-state index is 0.198. The second-order valence-corrected chi connectivity index (χ2v) is 8.14. The number of anilines is 1. The van der Waals surface area contributed by atoms with Crippen LogP contribution in [0.25, 0.3) is 0 Å². The molecule has 1 saturated carbocycles. The fourth-order valence-electron chi connectivity index (χ4n) is 4.75. The third-order valence-corrected chi connectivity index (χ3v) is 6.56. The molecule has 4 heterocycles. The summed E-state index contributed by atoms with van der Waals surface area (Å²) >= 11 is 0. The molecule has 3 saturated heterocycles. The average molecular weight is 357 g/mol. The van der Waals surface area contributed by atoms with E-state index in [9.17, 15) is 4.79 Å². The second kappa shape index (κ2) is 6.68. The van der Waals surface area contributed by atoms with Crippen molar-refractivity contribution in [2.45, 2.75) is 25.2 Å². The summed E-state index contributed by atoms with van der Waals surface area (Å²) in [5, 5.41) is 0. The van der Waals surface area contributed by atoms with Gasteiger partial charge in [0, 0.05) is 68.8 Å². The van der Waals surface area contributed by atoms with E-state index in [1.807, 2.05) is 4.90 Å². The standard InChI is InChI=1S/C19H27N5O2/c25-19(22-4-6-26-7-5-22)24-11-15-9-23(10-16(15)12-24)18-8-17(20-13-21-18)14-2-1-3-14/h8,13-16H,1-7,9-12H2. The van der Waals surface area contributed by atoms with Crippen LogP contribution in [-0.2, 0) is 4.74 Å². The van der Waals surface area contributed by atoms with Crippen LogP contribution in [0.4, 0.5) is 10.6 Å². The van der Waals surface area contributed by atoms with Crippen molar-refractivity contribution in [2.75, 3.05) is 57.4 Å². The molecule has 5 rings (SSSR count). The fraction of sp³-hybridized carbons (Fsp3) is 0.737. The van der Waals surface area contributed by atoms with Gasteiger partial charge in [0.1, 0.15) is 12.1 Å². The first-order valence-corrected chi connectivity index (χ1v) is 9.96. The van der Waals surface area contributed by atoms with Gasteiger partial charge in [-0.3, -0.25) is 0 Å². The molecule has 1 aromatic heterocycles. The normalized spacial score (nSPS) is 29.0. The van der Waals surface area contributed by atoms with Gasteiger partial charge in [-0.25, -0.2) is 14.8 Å². The number of nitrogens with zero attached hydrogens (tertiary/aromatic N) is 5. The number of carbonyl (C=O) groups excluding carboxylic acids is 1. The van der Waals surface area contributed by atoms with Crippen LogP contribution >= 0.6 is 0 Å². The predicted octanol–water partition coefficient (Wildman–Crippen LogP) is 1.56. The van der Waals surface area contributed by atoms with Gasteiger partial charge in [-0.05, 0) is 12.8 Å². The van der Waals surface area contributed by atoms with Gasteiger partial charge in [0.2, 0.25) is 0 Å². The van der Waals surface area contributed by atoms with E-state index in [1.165, 1.54) is 25.0 Å². The minimum atomic E-state index is 0.198. The highest BCUT2D eigenvalue weighted by Crippen LogP contribution is 2.38. The quantitative estimate of drug-likeness (QED) is 0.804. The Morgan fingerprint density at radius 1 is 1.00 bits per heavy atom. The van der Waals surface area contributed by atoms with Crippen LogP contribution in [0.1, 0.15) is 30.9 Å². The molecule has 1 aromatic rings. The van der Waals surface area contributed by atoms with Crippen molar-refractivity contribution in [1.29, 1.82) is 0 Å². The maximum Gasteiger partial charge on any atom is 0.320 e. The monoisotopic (exact) mass is 357 g/mol. The maximum atomic E-state index is 12.7. The number of morpholine rings is 1. The molecule has 140 valence electrons. The number of urea groups is 1. The Morgan fingerprint density at radius 2 is 1.73 bits per heavy atom. The summed E-state index contributed by atoms with van der Waals surface area (Å²) < 4.78 is 5.36. The molecular formula is C19H27N5O2. The molecule has 2 atom stereocenters. The lowest BCUT2D eigenvalue weighted by Crippen LogP contribution is -2.48. The summed E-state index contributed by atoms with van der Waals surface area (Å²) in [6, 6.07) is 2.39. The Morgan fingerprint density at radius 3 is 2.38 bits per heavy atom. The number of carbonyl (C=O) groups is 1. The fourth-order valence-corrected chi connectivity index (χ4v) is 4.75. The van der Waals surface area contributed by atoms with Crippen molar-refractivity contribution >= 4 is 11.8 Å². The molecular weight excluding hydrogens is 330 g/mol. The molecule has 0 N–H and O–H groups in total. The molecule has 7 nitrogen and oxygen atoms in total. The SMILES string of the molecule is O=C(N1CCOCC1)N1CC2CN(c3cc(C4CCC4)ncn3)CC2C1. The Labute approximate surface area is 154 Å². The van der Waals surface area contributed by atoms with E-state index in [4.69, 9.17) is 4.74 Å². The van der Waals surface area contributed by atoms with Gasteiger partial charge in [-0.1, -0.05) is 6.42 Å². The molecule has 7 heteroatoms. The van der Waals surface area contributed by atoms with E-state index in [0.29, 0.717) is 31.0 Å². The lowest BCUT2D eigenvalue weighted by Gasteiger charge is -2.32. The number of likely N-dealkylation sites (tertiary alicyclic amines) is 1. The van der Waals surface area contributed by atoms with Crippen molar-refractivity contribution in [2.24, 2.45) is 11.8 Å². The van der Waals surface area contributed by atoms with E-state index in [2.05, 4.69) is 25.8 Å². The number of amides is 2. The highest BCUT2D eigenvalue weighted by Gasteiger charge is 2.43. The zero-order valence-corrected chi connectivity index (χ0v) is 15.2. The Hall–Kier alpha value is -1.89. The Kier molecular flexibility index (Phi) is 4.19. The topological polar surface area (TPSA) is 61.8 Å². The number of hydrogen-bond donors (Lipinski definition) is 0. The molecule has 1 aliphatic carbocycles. The van der Waals surface area contributed by atoms with Crippen molar-refractivity contribution < 1.29 is 9.53 Å². The highest BCUT2D eigenvalue weighted by atomic mass is 16.5. The van der Waals surface area contributed by atoms with Gasteiger partial charge in [0.25, 0.3) is 0 Å². The third kappa shape index (κ3) is 2.92. The largest absolute Gasteiger partial charge is 0.378 e. The summed E-state index contributed by atoms with van der Waals surface area (Å²) in [4.78, 5) is 28.1. The van der Waals surface area contributed by atoms with E-state index >= 15 is 0 Å². The van der Waals surface area contributed by atoms with Crippen LogP contribution in [0, 0.1) is 11.8 Å². The van der Waals surface area contributed by atoms with Gasteiger partial charge in [-0.2, -0.15) is 0 Å². The van der Waals surface area contributed by atoms with E-state index in [-0.39, 0.29) is 6.03 Å². The van der Waals surface area contributed by atoms with Crippen molar-refractivity contribution in [3.8, 4) is 0 Å². The zero-order valence-electron chi connectivity index (χ0n) is 15.2. The molecule has 2 amide bonds. The van der Waals surface area contributed by atoms with Crippen LogP contribution in [-0.4, -0.2) is 78.3 Å². The molecule has 4 fully saturated rings. The molecule has 0 spiro atoms. The molecule has 0 bridgehead atoms. The predicted molar refractivity (Wildman–Crippen MR) is 97.2 cm³/mol. The molecule has 3 aliphatic heterocycles. The van der Waals surface area contributed by atoms with Crippen LogP contribution in [0.3, 0.4) is 0 Å². The first-order valence-electron chi connectivity index (χ1n) is 9.96. The number of fused-ring (bicyclic) bond motifs is 1. The smallest absolute Gasteiger partial charge is 0.320 e. The molecule has 2 unspecified atom stereocenters. The van der Waals surface area contributed by atoms with Gasteiger partial charge in [-0.15, -0.1) is 0 Å². The van der Waals surface area contributed by atoms with Gasteiger partial charge < -0.3 is 19.4 Å². The lowest BCUT2D eigenvalue weighted by atomic mass is 9.83. The average Bonchev–Trinajstić information content (AvgIpc) is 3.20. The minimum Gasteiger partial charge on any atom is -0.378 e. The Bertz CT molecular complexity index is 660. The number of rotatable bonds is 2. The molecule has 0 radical (unpaired) electrons. The first-order chi connectivity index (χ1) is 12.8. The van der Waals surface area contributed by atoms with Crippen LogP contribution in [0.5, 0.6) is 0 Å². The summed E-state index contributed by atoms with van der Waals surface area (Å²) in [7, 11) is 0. The summed E-state index contributed by atoms with van der Waals surface area (Å²) in [5.41, 5.74) is 1.21. The summed E-state index contributed by atoms with van der Waals surface area (Å²) in [6.45, 7) is 6.52. The molecule has 4 aliphatic rings. The highest BCUT2D eigenvalue weighted by molar-refractivity contribution is 5.75. The lowest BCUT2D eigenvalue weighted by molar-refractivity contribution is 0.0447. The van der Waals surface area contributed by atoms with E-state index < -0.39 is 0 Å². The maximum absolute atomic E-state index is 12.7.